The number of anilines is 1. The highest BCUT2D eigenvalue weighted by Gasteiger charge is 2.32. The first-order chi connectivity index (χ1) is 12.6. The summed E-state index contributed by atoms with van der Waals surface area (Å²) >= 11 is 0. The molecule has 26 heavy (non-hydrogen) atoms. The van der Waals surface area contributed by atoms with Gasteiger partial charge in [0.2, 0.25) is 0 Å². The van der Waals surface area contributed by atoms with Gasteiger partial charge in [0.15, 0.2) is 0 Å². The van der Waals surface area contributed by atoms with E-state index in [2.05, 4.69) is 60.1 Å². The van der Waals surface area contributed by atoms with E-state index >= 15 is 0 Å². The molecule has 2 unspecified atom stereocenters. The third-order valence-corrected chi connectivity index (χ3v) is 5.04. The number of H-pyrrole nitrogens is 1. The predicted molar refractivity (Wildman–Crippen MR) is 103 cm³/mol. The Bertz CT molecular complexity index is 870. The third kappa shape index (κ3) is 3.25. The molecule has 2 heterocycles. The fourth-order valence-electron chi connectivity index (χ4n) is 3.65. The van der Waals surface area contributed by atoms with Crippen molar-refractivity contribution < 1.29 is 9.13 Å². The van der Waals surface area contributed by atoms with E-state index in [0.29, 0.717) is 6.61 Å². The maximum Gasteiger partial charge on any atom is 0.123 e. The van der Waals surface area contributed by atoms with E-state index in [0.717, 1.165) is 23.6 Å². The molecule has 1 aliphatic heterocycles. The van der Waals surface area contributed by atoms with Gasteiger partial charge in [-0.25, -0.2) is 4.39 Å². The minimum Gasteiger partial charge on any atom is -0.374 e. The lowest BCUT2D eigenvalue weighted by Crippen LogP contribution is -2.44. The molecule has 0 spiro atoms. The topological polar surface area (TPSA) is 28.3 Å². The van der Waals surface area contributed by atoms with Gasteiger partial charge in [0.1, 0.15) is 5.82 Å². The standard InChI is InChI=1S/C22H23FN2O/c1-15-3-5-17(6-4-15)20-11-12-21(24-20)22-16(2)26-14-13-25(22)19-9-7-18(23)8-10-19/h3-12,16,22,24H,13-14H2,1-2H3. The van der Waals surface area contributed by atoms with Gasteiger partial charge < -0.3 is 14.6 Å². The van der Waals surface area contributed by atoms with Crippen LogP contribution < -0.4 is 4.90 Å². The average Bonchev–Trinajstić information content (AvgIpc) is 3.12. The van der Waals surface area contributed by atoms with Crippen LogP contribution in [0.25, 0.3) is 11.3 Å². The number of nitrogens with zero attached hydrogens (tertiary/aromatic N) is 1. The molecule has 0 radical (unpaired) electrons. The summed E-state index contributed by atoms with van der Waals surface area (Å²) in [4.78, 5) is 5.85. The summed E-state index contributed by atoms with van der Waals surface area (Å²) in [5, 5.41) is 0. The fraction of sp³-hybridized carbons (Fsp3) is 0.273. The van der Waals surface area contributed by atoms with Crippen LogP contribution in [-0.2, 0) is 4.74 Å². The Morgan fingerprint density at radius 2 is 1.73 bits per heavy atom. The number of aromatic nitrogens is 1. The van der Waals surface area contributed by atoms with Crippen LogP contribution in [0.2, 0.25) is 0 Å². The fourth-order valence-corrected chi connectivity index (χ4v) is 3.65. The van der Waals surface area contributed by atoms with Gasteiger partial charge in [0.25, 0.3) is 0 Å². The molecule has 3 aromatic rings. The van der Waals surface area contributed by atoms with Crippen LogP contribution >= 0.6 is 0 Å². The lowest BCUT2D eigenvalue weighted by Gasteiger charge is -2.41. The van der Waals surface area contributed by atoms with Crippen molar-refractivity contribution in [1.82, 2.24) is 4.98 Å². The lowest BCUT2D eigenvalue weighted by molar-refractivity contribution is 0.0222. The molecule has 2 aromatic carbocycles. The molecule has 134 valence electrons. The Kier molecular flexibility index (Phi) is 4.51. The Morgan fingerprint density at radius 3 is 2.46 bits per heavy atom. The van der Waals surface area contributed by atoms with Crippen molar-refractivity contribution in [3.8, 4) is 11.3 Å². The van der Waals surface area contributed by atoms with Gasteiger partial charge in [-0.2, -0.15) is 0 Å². The van der Waals surface area contributed by atoms with Crippen molar-refractivity contribution in [1.29, 1.82) is 0 Å². The van der Waals surface area contributed by atoms with E-state index in [1.807, 2.05) is 12.1 Å². The van der Waals surface area contributed by atoms with Crippen molar-refractivity contribution in [3.05, 3.63) is 77.7 Å². The largest absolute Gasteiger partial charge is 0.374 e. The zero-order valence-electron chi connectivity index (χ0n) is 15.1. The number of aromatic amines is 1. The number of ether oxygens (including phenoxy) is 1. The van der Waals surface area contributed by atoms with Crippen molar-refractivity contribution >= 4 is 5.69 Å². The van der Waals surface area contributed by atoms with Crippen molar-refractivity contribution in [2.24, 2.45) is 0 Å². The van der Waals surface area contributed by atoms with E-state index in [9.17, 15) is 4.39 Å². The Hall–Kier alpha value is -2.59. The molecule has 1 aromatic heterocycles. The maximum absolute atomic E-state index is 13.3. The summed E-state index contributed by atoms with van der Waals surface area (Å²) < 4.78 is 19.2. The second-order valence-corrected chi connectivity index (χ2v) is 6.88. The first-order valence-electron chi connectivity index (χ1n) is 9.01. The Morgan fingerprint density at radius 1 is 1.00 bits per heavy atom. The number of nitrogens with one attached hydrogen (secondary N) is 1. The number of rotatable bonds is 3. The normalized spacial score (nSPS) is 20.3. The summed E-state index contributed by atoms with van der Waals surface area (Å²) in [6.45, 7) is 5.62. The molecule has 0 amide bonds. The SMILES string of the molecule is Cc1ccc(-c2ccc(C3C(C)OCCN3c3ccc(F)cc3)[nH]2)cc1. The summed E-state index contributed by atoms with van der Waals surface area (Å²) in [6.07, 6.45) is 0.0401. The highest BCUT2D eigenvalue weighted by atomic mass is 19.1. The molecule has 3 nitrogen and oxygen atoms in total. The third-order valence-electron chi connectivity index (χ3n) is 5.04. The smallest absolute Gasteiger partial charge is 0.123 e. The molecule has 1 N–H and O–H groups in total. The predicted octanol–water partition coefficient (Wildman–Crippen LogP) is 5.10. The van der Waals surface area contributed by atoms with Crippen LogP contribution in [-0.4, -0.2) is 24.2 Å². The molecule has 4 heteroatoms. The Labute approximate surface area is 153 Å². The number of morpholine rings is 1. The average molecular weight is 350 g/mol. The zero-order chi connectivity index (χ0) is 18.1. The molecular weight excluding hydrogens is 327 g/mol. The molecule has 0 aliphatic carbocycles. The number of hydrogen-bond acceptors (Lipinski definition) is 2. The molecular formula is C22H23FN2O. The van der Waals surface area contributed by atoms with E-state index in [1.54, 1.807) is 0 Å². The van der Waals surface area contributed by atoms with Crippen molar-refractivity contribution in [2.45, 2.75) is 26.0 Å². The quantitative estimate of drug-likeness (QED) is 0.712. The highest BCUT2D eigenvalue weighted by molar-refractivity contribution is 5.61. The van der Waals surface area contributed by atoms with Gasteiger partial charge in [-0.15, -0.1) is 0 Å². The number of halogens is 1. The first kappa shape index (κ1) is 16.9. The van der Waals surface area contributed by atoms with Crippen LogP contribution in [0.15, 0.2) is 60.7 Å². The van der Waals surface area contributed by atoms with Gasteiger partial charge in [0, 0.05) is 23.6 Å². The summed E-state index contributed by atoms with van der Waals surface area (Å²) in [7, 11) is 0. The highest BCUT2D eigenvalue weighted by Crippen LogP contribution is 2.34. The molecule has 1 fully saturated rings. The molecule has 2 atom stereocenters. The summed E-state index contributed by atoms with van der Waals surface area (Å²) in [5.41, 5.74) is 5.63. The van der Waals surface area contributed by atoms with E-state index in [1.165, 1.54) is 23.3 Å². The second-order valence-electron chi connectivity index (χ2n) is 6.88. The van der Waals surface area contributed by atoms with Gasteiger partial charge >= 0.3 is 0 Å². The minimum atomic E-state index is -0.215. The van der Waals surface area contributed by atoms with Gasteiger partial charge in [-0.1, -0.05) is 29.8 Å². The van der Waals surface area contributed by atoms with Crippen LogP contribution in [0.5, 0.6) is 0 Å². The number of benzene rings is 2. The Balaban J connectivity index is 1.67. The first-order valence-corrected chi connectivity index (χ1v) is 9.01. The van der Waals surface area contributed by atoms with Gasteiger partial charge in [-0.05, 0) is 55.8 Å². The molecule has 1 saturated heterocycles. The molecule has 0 saturated carbocycles. The maximum atomic E-state index is 13.3. The van der Waals surface area contributed by atoms with E-state index < -0.39 is 0 Å². The summed E-state index contributed by atoms with van der Waals surface area (Å²) in [6, 6.07) is 19.5. The van der Waals surface area contributed by atoms with Crippen LogP contribution in [0.1, 0.15) is 24.2 Å². The molecule has 4 rings (SSSR count). The molecule has 0 bridgehead atoms. The van der Waals surface area contributed by atoms with E-state index in [4.69, 9.17) is 4.74 Å². The molecule has 1 aliphatic rings. The van der Waals surface area contributed by atoms with Crippen LogP contribution in [0.3, 0.4) is 0 Å². The van der Waals surface area contributed by atoms with E-state index in [-0.39, 0.29) is 18.0 Å². The summed E-state index contributed by atoms with van der Waals surface area (Å²) in [5.74, 6) is -0.215. The number of hydrogen-bond donors (Lipinski definition) is 1. The monoisotopic (exact) mass is 350 g/mol. The van der Waals surface area contributed by atoms with Gasteiger partial charge in [-0.3, -0.25) is 0 Å². The second kappa shape index (κ2) is 6.96. The van der Waals surface area contributed by atoms with Gasteiger partial charge in [0.05, 0.1) is 18.8 Å². The van der Waals surface area contributed by atoms with Crippen molar-refractivity contribution in [3.63, 3.8) is 0 Å². The minimum absolute atomic E-state index is 0.0401. The van der Waals surface area contributed by atoms with Crippen LogP contribution in [0, 0.1) is 12.7 Å². The lowest BCUT2D eigenvalue weighted by atomic mass is 10.0. The van der Waals surface area contributed by atoms with Crippen LogP contribution in [0.4, 0.5) is 10.1 Å². The number of aryl methyl sites for hydroxylation is 1. The zero-order valence-corrected chi connectivity index (χ0v) is 15.1. The van der Waals surface area contributed by atoms with Crippen molar-refractivity contribution in [2.75, 3.05) is 18.1 Å².